The molecule has 8 nitrogen and oxygen atoms in total. The summed E-state index contributed by atoms with van der Waals surface area (Å²) in [7, 11) is 0. The predicted molar refractivity (Wildman–Crippen MR) is 132 cm³/mol. The summed E-state index contributed by atoms with van der Waals surface area (Å²) in [6, 6.07) is 9.37. The Labute approximate surface area is 210 Å². The number of unbranched alkanes of at least 4 members (excludes halogenated alkanes) is 1. The minimum absolute atomic E-state index is 0.405. The standard InChI is InChI=1S/C26H26F3N5O3/c27-26(28,29)20-3-4-23-18(9-20)10-21(33-23)14-30-5-1-2-6-35-7-8-36-25-12-17(19-13-32-37-16-19)11-24-22(25)15-31-34-24/h3-4,9-13,15-16,30,33H,1-2,5-8,14H2,(H,31,34). The Morgan fingerprint density at radius 3 is 2.70 bits per heavy atom. The molecular weight excluding hydrogens is 487 g/mol. The van der Waals surface area contributed by atoms with E-state index < -0.39 is 11.7 Å². The average Bonchev–Trinajstić information content (AvgIpc) is 3.64. The van der Waals surface area contributed by atoms with Gasteiger partial charge >= 0.3 is 6.18 Å². The van der Waals surface area contributed by atoms with Crippen LogP contribution < -0.4 is 10.1 Å². The highest BCUT2D eigenvalue weighted by atomic mass is 19.4. The molecule has 0 unspecified atom stereocenters. The zero-order chi connectivity index (χ0) is 25.7. The third kappa shape index (κ3) is 6.12. The van der Waals surface area contributed by atoms with E-state index in [0.717, 1.165) is 53.2 Å². The summed E-state index contributed by atoms with van der Waals surface area (Å²) in [4.78, 5) is 3.15. The first kappa shape index (κ1) is 24.8. The molecule has 0 aliphatic heterocycles. The molecule has 0 atom stereocenters. The van der Waals surface area contributed by atoms with Gasteiger partial charge in [0.15, 0.2) is 0 Å². The van der Waals surface area contributed by atoms with E-state index >= 15 is 0 Å². The Balaban J connectivity index is 0.986. The van der Waals surface area contributed by atoms with Crippen molar-refractivity contribution in [1.29, 1.82) is 0 Å². The number of alkyl halides is 3. The highest BCUT2D eigenvalue weighted by Crippen LogP contribution is 2.32. The molecule has 0 radical (unpaired) electrons. The molecule has 0 bridgehead atoms. The largest absolute Gasteiger partial charge is 0.490 e. The normalized spacial score (nSPS) is 12.1. The molecule has 2 aromatic carbocycles. The van der Waals surface area contributed by atoms with Gasteiger partial charge in [-0.15, -0.1) is 0 Å². The molecule has 0 saturated heterocycles. The van der Waals surface area contributed by atoms with Crippen LogP contribution in [-0.2, 0) is 17.5 Å². The Morgan fingerprint density at radius 1 is 0.946 bits per heavy atom. The van der Waals surface area contributed by atoms with E-state index in [0.29, 0.717) is 43.0 Å². The smallest absolute Gasteiger partial charge is 0.416 e. The molecule has 0 spiro atoms. The van der Waals surface area contributed by atoms with Crippen molar-refractivity contribution in [2.45, 2.75) is 25.6 Å². The lowest BCUT2D eigenvalue weighted by atomic mass is 10.1. The van der Waals surface area contributed by atoms with Gasteiger partial charge in [0.1, 0.15) is 18.6 Å². The van der Waals surface area contributed by atoms with Crippen molar-refractivity contribution >= 4 is 21.8 Å². The number of hydrogen-bond donors (Lipinski definition) is 3. The van der Waals surface area contributed by atoms with Gasteiger partial charge in [0.2, 0.25) is 0 Å². The number of benzene rings is 2. The van der Waals surface area contributed by atoms with Gasteiger partial charge < -0.3 is 24.3 Å². The fourth-order valence-corrected chi connectivity index (χ4v) is 4.11. The SMILES string of the molecule is FC(F)(F)c1ccc2[nH]c(CNCCCCOCCOc3cc(-c4cnoc4)cc4[nH]ncc34)cc2c1. The molecule has 5 aromatic rings. The van der Waals surface area contributed by atoms with Gasteiger partial charge in [0.25, 0.3) is 0 Å². The molecule has 0 aliphatic carbocycles. The van der Waals surface area contributed by atoms with Crippen LogP contribution in [0.1, 0.15) is 24.1 Å². The second-order valence-corrected chi connectivity index (χ2v) is 8.66. The third-order valence-corrected chi connectivity index (χ3v) is 5.98. The average molecular weight is 514 g/mol. The van der Waals surface area contributed by atoms with Gasteiger partial charge in [0.05, 0.1) is 35.5 Å². The monoisotopic (exact) mass is 513 g/mol. The second kappa shape index (κ2) is 11.1. The summed E-state index contributed by atoms with van der Waals surface area (Å²) in [6.45, 7) is 2.80. The lowest BCUT2D eigenvalue weighted by Crippen LogP contribution is -2.15. The van der Waals surface area contributed by atoms with Crippen LogP contribution in [0.25, 0.3) is 32.9 Å². The molecule has 0 saturated carbocycles. The Bertz CT molecular complexity index is 1440. The Morgan fingerprint density at radius 2 is 1.86 bits per heavy atom. The summed E-state index contributed by atoms with van der Waals surface area (Å²) < 4.78 is 55.2. The van der Waals surface area contributed by atoms with Crippen LogP contribution in [0.15, 0.2) is 59.6 Å². The van der Waals surface area contributed by atoms with Gasteiger partial charge in [-0.3, -0.25) is 5.10 Å². The van der Waals surface area contributed by atoms with Crippen LogP contribution in [0.2, 0.25) is 0 Å². The van der Waals surface area contributed by atoms with Crippen LogP contribution >= 0.6 is 0 Å². The molecule has 11 heteroatoms. The van der Waals surface area contributed by atoms with Crippen molar-refractivity contribution in [3.63, 3.8) is 0 Å². The quantitative estimate of drug-likeness (QED) is 0.186. The molecule has 3 aromatic heterocycles. The molecule has 3 N–H and O–H groups in total. The van der Waals surface area contributed by atoms with Gasteiger partial charge in [0, 0.05) is 35.3 Å². The van der Waals surface area contributed by atoms with Gasteiger partial charge in [-0.1, -0.05) is 5.16 Å². The zero-order valence-corrected chi connectivity index (χ0v) is 19.9. The van der Waals surface area contributed by atoms with E-state index in [1.165, 1.54) is 12.1 Å². The van der Waals surface area contributed by atoms with Crippen LogP contribution in [0.4, 0.5) is 13.2 Å². The molecule has 5 rings (SSSR count). The fraction of sp³-hybridized carbons (Fsp3) is 0.308. The Hall–Kier alpha value is -3.83. The summed E-state index contributed by atoms with van der Waals surface area (Å²) in [5.41, 5.74) is 3.53. The van der Waals surface area contributed by atoms with Crippen molar-refractivity contribution in [1.82, 2.24) is 25.7 Å². The maximum Gasteiger partial charge on any atom is 0.416 e. The van der Waals surface area contributed by atoms with E-state index in [1.807, 2.05) is 12.1 Å². The second-order valence-electron chi connectivity index (χ2n) is 8.66. The van der Waals surface area contributed by atoms with E-state index in [1.54, 1.807) is 24.7 Å². The lowest BCUT2D eigenvalue weighted by molar-refractivity contribution is -0.137. The highest BCUT2D eigenvalue weighted by Gasteiger charge is 2.30. The van der Waals surface area contributed by atoms with Crippen molar-refractivity contribution < 1.29 is 27.2 Å². The first-order valence-corrected chi connectivity index (χ1v) is 11.9. The summed E-state index contributed by atoms with van der Waals surface area (Å²) in [5.74, 6) is 0.710. The van der Waals surface area contributed by atoms with Crippen molar-refractivity contribution in [2.75, 3.05) is 26.4 Å². The van der Waals surface area contributed by atoms with E-state index in [2.05, 4.69) is 25.7 Å². The van der Waals surface area contributed by atoms with Gasteiger partial charge in [-0.2, -0.15) is 18.3 Å². The molecular formula is C26H26F3N5O3. The molecule has 0 aliphatic rings. The number of H-pyrrole nitrogens is 2. The van der Waals surface area contributed by atoms with E-state index in [4.69, 9.17) is 14.0 Å². The summed E-state index contributed by atoms with van der Waals surface area (Å²) in [5, 5.41) is 15.6. The summed E-state index contributed by atoms with van der Waals surface area (Å²) >= 11 is 0. The van der Waals surface area contributed by atoms with Crippen molar-refractivity contribution in [2.24, 2.45) is 0 Å². The van der Waals surface area contributed by atoms with Crippen molar-refractivity contribution in [3.05, 3.63) is 66.3 Å². The number of nitrogens with one attached hydrogen (secondary N) is 3. The van der Waals surface area contributed by atoms with Crippen LogP contribution in [0, 0.1) is 0 Å². The molecule has 0 fully saturated rings. The highest BCUT2D eigenvalue weighted by molar-refractivity contribution is 5.89. The first-order valence-electron chi connectivity index (χ1n) is 11.9. The number of rotatable bonds is 12. The molecule has 37 heavy (non-hydrogen) atoms. The number of nitrogens with zero attached hydrogens (tertiary/aromatic N) is 2. The molecule has 194 valence electrons. The molecule has 3 heterocycles. The summed E-state index contributed by atoms with van der Waals surface area (Å²) in [6.07, 6.45) is 2.40. The Kier molecular flexibility index (Phi) is 7.42. The number of ether oxygens (including phenoxy) is 2. The maximum absolute atomic E-state index is 12.9. The third-order valence-electron chi connectivity index (χ3n) is 5.98. The zero-order valence-electron chi connectivity index (χ0n) is 19.9. The van der Waals surface area contributed by atoms with Crippen LogP contribution in [0.3, 0.4) is 0 Å². The number of hydrogen-bond acceptors (Lipinski definition) is 6. The first-order chi connectivity index (χ1) is 18.0. The van der Waals surface area contributed by atoms with Gasteiger partial charge in [-0.05, 0) is 61.3 Å². The number of halogens is 3. The van der Waals surface area contributed by atoms with Crippen LogP contribution in [-0.4, -0.2) is 46.7 Å². The topological polar surface area (TPSA) is 101 Å². The number of aromatic amines is 2. The molecule has 0 amide bonds. The van der Waals surface area contributed by atoms with Gasteiger partial charge in [-0.25, -0.2) is 0 Å². The van der Waals surface area contributed by atoms with E-state index in [9.17, 15) is 13.2 Å². The number of aromatic nitrogens is 4. The fourth-order valence-electron chi connectivity index (χ4n) is 4.11. The minimum atomic E-state index is -4.34. The van der Waals surface area contributed by atoms with Crippen LogP contribution in [0.5, 0.6) is 5.75 Å². The number of fused-ring (bicyclic) bond motifs is 2. The predicted octanol–water partition coefficient (Wildman–Crippen LogP) is 5.68. The van der Waals surface area contributed by atoms with Crippen molar-refractivity contribution in [3.8, 4) is 16.9 Å². The minimum Gasteiger partial charge on any atom is -0.490 e. The lowest BCUT2D eigenvalue weighted by Gasteiger charge is -2.10. The van der Waals surface area contributed by atoms with E-state index in [-0.39, 0.29) is 0 Å². The maximum atomic E-state index is 12.9.